The summed E-state index contributed by atoms with van der Waals surface area (Å²) in [5, 5.41) is 0. The van der Waals surface area contributed by atoms with Gasteiger partial charge in [0.2, 0.25) is 5.91 Å². The summed E-state index contributed by atoms with van der Waals surface area (Å²) >= 11 is 0. The molecular weight excluding hydrogens is 528 g/mol. The van der Waals surface area contributed by atoms with Crippen LogP contribution >= 0.6 is 0 Å². The van der Waals surface area contributed by atoms with Crippen molar-refractivity contribution in [2.75, 3.05) is 73.5 Å². The molecule has 10 heteroatoms. The minimum atomic E-state index is -3.02. The highest BCUT2D eigenvalue weighted by molar-refractivity contribution is 8.00. The largest absolute Gasteiger partial charge is 0.497 e. The highest BCUT2D eigenvalue weighted by atomic mass is 32.3. The summed E-state index contributed by atoms with van der Waals surface area (Å²) < 4.78 is 26.5. The van der Waals surface area contributed by atoms with E-state index >= 15 is 0 Å². The van der Waals surface area contributed by atoms with Gasteiger partial charge in [0.25, 0.3) is 0 Å². The molecule has 0 N–H and O–H groups in total. The van der Waals surface area contributed by atoms with Crippen molar-refractivity contribution in [1.29, 1.82) is 0 Å². The Morgan fingerprint density at radius 1 is 1.00 bits per heavy atom. The average molecular weight is 581 g/mol. The number of likely N-dealkylation sites (N-methyl/N-ethyl adjacent to an activating group) is 1. The van der Waals surface area contributed by atoms with Crippen LogP contribution in [0, 0.1) is 13.8 Å². The Morgan fingerprint density at radius 3 is 2.35 bits per heavy atom. The smallest absolute Gasteiger partial charge is 0.248 e. The van der Waals surface area contributed by atoms with E-state index in [9.17, 15) is 9.00 Å². The lowest BCUT2D eigenvalue weighted by molar-refractivity contribution is -0.138. The Hall–Kier alpha value is -1.56. The fraction of sp³-hybridized carbons (Fsp3) is 0.767. The zero-order valence-electron chi connectivity index (χ0n) is 25.6. The Morgan fingerprint density at radius 2 is 1.70 bits per heavy atom. The highest BCUT2D eigenvalue weighted by Crippen LogP contribution is 2.32. The third-order valence-corrected chi connectivity index (χ3v) is 12.1. The lowest BCUT2D eigenvalue weighted by Gasteiger charge is -2.39. The summed E-state index contributed by atoms with van der Waals surface area (Å²) in [5.74, 6) is 0.747. The second-order valence-corrected chi connectivity index (χ2v) is 14.6. The molecule has 2 aliphatic heterocycles. The van der Waals surface area contributed by atoms with Crippen LogP contribution in [0.4, 0.5) is 0 Å². The Bertz CT molecular complexity index is 1030. The summed E-state index contributed by atoms with van der Waals surface area (Å²) in [7, 11) is 2.05. The molecule has 2 saturated heterocycles. The van der Waals surface area contributed by atoms with Crippen molar-refractivity contribution in [2.45, 2.75) is 81.8 Å². The van der Waals surface area contributed by atoms with Crippen molar-refractivity contribution in [2.24, 2.45) is 0 Å². The molecule has 40 heavy (non-hydrogen) atoms. The number of likely N-dealkylation sites (tertiary alicyclic amines) is 2. The van der Waals surface area contributed by atoms with Crippen molar-refractivity contribution < 1.29 is 23.3 Å². The molecule has 0 unspecified atom stereocenters. The van der Waals surface area contributed by atoms with Gasteiger partial charge in [-0.3, -0.25) is 23.6 Å². The number of aryl methyl sites for hydroxylation is 2. The predicted molar refractivity (Wildman–Crippen MR) is 160 cm³/mol. The number of ether oxygens (including phenoxy) is 2. The molecule has 1 aliphatic carbocycles. The number of hydroxylamine groups is 1. The van der Waals surface area contributed by atoms with Crippen LogP contribution in [0.3, 0.4) is 0 Å². The number of carbonyl (C=O) groups is 1. The first kappa shape index (κ1) is 31.4. The minimum absolute atomic E-state index is 0.00695. The van der Waals surface area contributed by atoms with Crippen LogP contribution in [0.1, 0.15) is 56.1 Å². The molecule has 1 aromatic carbocycles. The second kappa shape index (κ2) is 14.1. The van der Waals surface area contributed by atoms with Gasteiger partial charge >= 0.3 is 0 Å². The predicted octanol–water partition coefficient (Wildman–Crippen LogP) is 3.05. The monoisotopic (exact) mass is 580 g/mol. The van der Waals surface area contributed by atoms with E-state index in [1.165, 1.54) is 63.4 Å². The molecule has 228 valence electrons. The van der Waals surface area contributed by atoms with E-state index in [0.29, 0.717) is 12.6 Å². The van der Waals surface area contributed by atoms with Crippen LogP contribution < -0.4 is 4.74 Å². The van der Waals surface area contributed by atoms with E-state index in [2.05, 4.69) is 9.80 Å². The molecule has 3 aliphatic rings. The van der Waals surface area contributed by atoms with Gasteiger partial charge in [0.1, 0.15) is 12.4 Å². The molecule has 1 aromatic rings. The number of methoxy groups -OCH3 is 1. The molecule has 0 bridgehead atoms. The third kappa shape index (κ3) is 7.25. The second-order valence-electron chi connectivity index (χ2n) is 12.0. The zero-order valence-corrected chi connectivity index (χ0v) is 26.5. The highest BCUT2D eigenvalue weighted by Gasteiger charge is 2.36. The van der Waals surface area contributed by atoms with Crippen LogP contribution in [0.2, 0.25) is 0 Å². The lowest BCUT2D eigenvalue weighted by atomic mass is 9.89. The zero-order chi connectivity index (χ0) is 28.9. The van der Waals surface area contributed by atoms with Crippen molar-refractivity contribution in [3.8, 4) is 5.75 Å². The summed E-state index contributed by atoms with van der Waals surface area (Å²) in [6.45, 7) is 9.34. The topological polar surface area (TPSA) is 74.8 Å². The summed E-state index contributed by atoms with van der Waals surface area (Å²) in [6, 6.07) is 5.33. The van der Waals surface area contributed by atoms with Gasteiger partial charge in [-0.15, -0.1) is 4.47 Å². The number of thiol groups is 1. The van der Waals surface area contributed by atoms with Gasteiger partial charge in [-0.05, 0) is 105 Å². The molecular formula is C30H52N4O5S. The molecule has 0 spiro atoms. The number of carbonyl (C=O) groups excluding carboxylic acids is 1. The van der Waals surface area contributed by atoms with Crippen molar-refractivity contribution in [3.05, 3.63) is 23.3 Å². The first-order valence-corrected chi connectivity index (χ1v) is 17.1. The molecule has 4 rings (SSSR count). The third-order valence-electron chi connectivity index (χ3n) is 9.33. The van der Waals surface area contributed by atoms with Crippen molar-refractivity contribution in [1.82, 2.24) is 19.2 Å². The molecule has 1 saturated carbocycles. The maximum Gasteiger partial charge on any atom is 0.248 e. The molecule has 9 nitrogen and oxygen atoms in total. The van der Waals surface area contributed by atoms with Crippen LogP contribution in [-0.4, -0.2) is 121 Å². The number of benzene rings is 1. The number of amides is 1. The van der Waals surface area contributed by atoms with Gasteiger partial charge in [0.05, 0.1) is 27.4 Å². The maximum atomic E-state index is 13.9. The van der Waals surface area contributed by atoms with Crippen LogP contribution in [-0.2, 0) is 24.5 Å². The van der Waals surface area contributed by atoms with Crippen LogP contribution in [0.15, 0.2) is 17.0 Å². The maximum absolute atomic E-state index is 13.9. The van der Waals surface area contributed by atoms with E-state index < -0.39 is 10.1 Å². The van der Waals surface area contributed by atoms with E-state index in [1.54, 1.807) is 13.4 Å². The fourth-order valence-electron chi connectivity index (χ4n) is 7.17. The summed E-state index contributed by atoms with van der Waals surface area (Å²) in [4.78, 5) is 26.6. The van der Waals surface area contributed by atoms with Gasteiger partial charge in [0.15, 0.2) is 0 Å². The molecule has 3 atom stereocenters. The Labute approximate surface area is 242 Å². The van der Waals surface area contributed by atoms with E-state index in [0.717, 1.165) is 47.1 Å². The van der Waals surface area contributed by atoms with Gasteiger partial charge in [-0.1, -0.05) is 0 Å². The Kier molecular flexibility index (Phi) is 11.0. The lowest BCUT2D eigenvalue weighted by Crippen LogP contribution is -2.47. The SMILES string of the molecule is COc1cc(C)c([SH](C)(=O)N(CCOCC(=O)N(C)[C@H]2CCC[C@@H](N3CC[C@H](N4CCCC4)C3)C2)OC)c(C)c1. The van der Waals surface area contributed by atoms with E-state index in [1.807, 2.05) is 37.9 Å². The van der Waals surface area contributed by atoms with Gasteiger partial charge in [-0.25, -0.2) is 0 Å². The Balaban J connectivity index is 1.24. The molecule has 0 aromatic heterocycles. The number of hydrogen-bond donors (Lipinski definition) is 1. The van der Waals surface area contributed by atoms with Crippen molar-refractivity contribution in [3.63, 3.8) is 0 Å². The molecule has 1 amide bonds. The normalized spacial score (nSPS) is 25.0. The fourth-order valence-corrected chi connectivity index (χ4v) is 9.61. The van der Waals surface area contributed by atoms with Crippen LogP contribution in [0.25, 0.3) is 0 Å². The van der Waals surface area contributed by atoms with Crippen molar-refractivity contribution >= 4 is 16.0 Å². The quantitative estimate of drug-likeness (QED) is 0.231. The summed E-state index contributed by atoms with van der Waals surface area (Å²) in [5.41, 5.74) is 1.79. The summed E-state index contributed by atoms with van der Waals surface area (Å²) in [6.07, 6.45) is 10.2. The van der Waals surface area contributed by atoms with E-state index in [-0.39, 0.29) is 25.2 Å². The molecule has 0 radical (unpaired) electrons. The first-order valence-electron chi connectivity index (χ1n) is 15.0. The number of nitrogens with zero attached hydrogens (tertiary/aromatic N) is 4. The molecule has 2 heterocycles. The minimum Gasteiger partial charge on any atom is -0.497 e. The number of hydrogen-bond acceptors (Lipinski definition) is 7. The number of rotatable bonds is 12. The van der Waals surface area contributed by atoms with Crippen LogP contribution in [0.5, 0.6) is 5.75 Å². The van der Waals surface area contributed by atoms with E-state index in [4.69, 9.17) is 14.3 Å². The first-order chi connectivity index (χ1) is 19.1. The standard InChI is InChI=1S/C30H52N4O5S/c1-23-18-28(37-4)19-24(2)30(23)40(6,36)34(38-5)16-17-39-22-29(35)31(3)25-10-9-11-26(20-25)33-15-12-27(21-33)32-13-7-8-14-32/h18-19,25-27,40H,7-17,20-22H2,1-6H3/t25-,26+,27-/m0/s1. The average Bonchev–Trinajstić information content (AvgIpc) is 3.64. The van der Waals surface area contributed by atoms with Gasteiger partial charge in [-0.2, -0.15) is 0 Å². The molecule has 3 fully saturated rings. The van der Waals surface area contributed by atoms with Gasteiger partial charge < -0.3 is 14.4 Å². The van der Waals surface area contributed by atoms with Gasteiger partial charge in [0, 0.05) is 49.4 Å².